The van der Waals surface area contributed by atoms with Crippen LogP contribution in [0.1, 0.15) is 28.6 Å². The average molecular weight is 280 g/mol. The Kier molecular flexibility index (Phi) is 4.20. The van der Waals surface area contributed by atoms with E-state index in [2.05, 4.69) is 39.6 Å². The van der Waals surface area contributed by atoms with Crippen LogP contribution in [0.25, 0.3) is 0 Å². The number of benzene rings is 1. The first-order chi connectivity index (χ1) is 10.3. The molecule has 1 N–H and O–H groups in total. The van der Waals surface area contributed by atoms with Gasteiger partial charge in [0.15, 0.2) is 0 Å². The van der Waals surface area contributed by atoms with Crippen LogP contribution in [-0.2, 0) is 11.2 Å². The molecule has 0 unspecified atom stereocenters. The zero-order chi connectivity index (χ0) is 14.5. The summed E-state index contributed by atoms with van der Waals surface area (Å²) in [6.45, 7) is 2.54. The van der Waals surface area contributed by atoms with E-state index in [1.54, 1.807) is 12.4 Å². The standard InChI is InChI=1S/C16H16N4O/c17-8-13-9-19-16(20-10-13)7-12-1-3-14(4-2-12)15-11-18-5-6-21-15/h1-4,9-10,15,18H,5-7,11H2/t15-/m1/s1. The Morgan fingerprint density at radius 3 is 2.62 bits per heavy atom. The van der Waals surface area contributed by atoms with E-state index in [0.29, 0.717) is 12.0 Å². The molecule has 0 radical (unpaired) electrons. The summed E-state index contributed by atoms with van der Waals surface area (Å²) in [5.41, 5.74) is 2.81. The van der Waals surface area contributed by atoms with E-state index in [1.165, 1.54) is 5.56 Å². The molecule has 5 nitrogen and oxygen atoms in total. The molecule has 2 heterocycles. The molecule has 0 amide bonds. The molecule has 0 bridgehead atoms. The third-order valence-electron chi connectivity index (χ3n) is 3.48. The number of nitrogens with one attached hydrogen (secondary N) is 1. The van der Waals surface area contributed by atoms with Crippen LogP contribution in [0, 0.1) is 11.3 Å². The third kappa shape index (κ3) is 3.43. The van der Waals surface area contributed by atoms with Gasteiger partial charge in [0.2, 0.25) is 0 Å². The van der Waals surface area contributed by atoms with Crippen molar-refractivity contribution in [2.45, 2.75) is 12.5 Å². The molecule has 5 heteroatoms. The highest BCUT2D eigenvalue weighted by Gasteiger charge is 2.15. The van der Waals surface area contributed by atoms with E-state index < -0.39 is 0 Å². The molecule has 1 aromatic heterocycles. The first-order valence-electron chi connectivity index (χ1n) is 6.97. The molecule has 1 aromatic carbocycles. The van der Waals surface area contributed by atoms with Crippen LogP contribution >= 0.6 is 0 Å². The van der Waals surface area contributed by atoms with Crippen molar-refractivity contribution in [1.82, 2.24) is 15.3 Å². The molecule has 1 saturated heterocycles. The van der Waals surface area contributed by atoms with Gasteiger partial charge in [0.25, 0.3) is 0 Å². The predicted octanol–water partition coefficient (Wildman–Crippen LogP) is 1.60. The highest BCUT2D eigenvalue weighted by Crippen LogP contribution is 2.19. The predicted molar refractivity (Wildman–Crippen MR) is 77.6 cm³/mol. The van der Waals surface area contributed by atoms with Gasteiger partial charge in [0.05, 0.1) is 18.3 Å². The van der Waals surface area contributed by atoms with Gasteiger partial charge < -0.3 is 10.1 Å². The Labute approximate surface area is 123 Å². The number of nitriles is 1. The minimum Gasteiger partial charge on any atom is -0.371 e. The molecule has 0 spiro atoms. The van der Waals surface area contributed by atoms with Crippen LogP contribution in [0.5, 0.6) is 0 Å². The van der Waals surface area contributed by atoms with Crippen molar-refractivity contribution in [2.24, 2.45) is 0 Å². The lowest BCUT2D eigenvalue weighted by atomic mass is 10.0. The van der Waals surface area contributed by atoms with Crippen molar-refractivity contribution < 1.29 is 4.74 Å². The van der Waals surface area contributed by atoms with E-state index >= 15 is 0 Å². The zero-order valence-corrected chi connectivity index (χ0v) is 11.6. The quantitative estimate of drug-likeness (QED) is 0.924. The van der Waals surface area contributed by atoms with Gasteiger partial charge in [-0.1, -0.05) is 24.3 Å². The first-order valence-corrected chi connectivity index (χ1v) is 6.97. The Hall–Kier alpha value is -2.29. The van der Waals surface area contributed by atoms with Gasteiger partial charge in [0.1, 0.15) is 11.9 Å². The monoisotopic (exact) mass is 280 g/mol. The summed E-state index contributed by atoms with van der Waals surface area (Å²) in [7, 11) is 0. The maximum Gasteiger partial charge on any atom is 0.132 e. The second kappa shape index (κ2) is 6.44. The number of nitrogens with zero attached hydrogens (tertiary/aromatic N) is 3. The number of ether oxygens (including phenoxy) is 1. The molecule has 1 aliphatic heterocycles. The largest absolute Gasteiger partial charge is 0.371 e. The van der Waals surface area contributed by atoms with Gasteiger partial charge in [-0.3, -0.25) is 0 Å². The maximum atomic E-state index is 8.73. The van der Waals surface area contributed by atoms with Crippen molar-refractivity contribution in [1.29, 1.82) is 5.26 Å². The fourth-order valence-corrected chi connectivity index (χ4v) is 2.32. The average Bonchev–Trinajstić information content (AvgIpc) is 2.57. The normalized spacial score (nSPS) is 18.1. The zero-order valence-electron chi connectivity index (χ0n) is 11.6. The maximum absolute atomic E-state index is 8.73. The first kappa shape index (κ1) is 13.7. The summed E-state index contributed by atoms with van der Waals surface area (Å²) in [5, 5.41) is 12.1. The topological polar surface area (TPSA) is 70.8 Å². The Balaban J connectivity index is 1.67. The van der Waals surface area contributed by atoms with Crippen LogP contribution < -0.4 is 5.32 Å². The van der Waals surface area contributed by atoms with Crippen molar-refractivity contribution in [3.8, 4) is 6.07 Å². The fourth-order valence-electron chi connectivity index (χ4n) is 2.32. The SMILES string of the molecule is N#Cc1cnc(Cc2ccc([C@H]3CNCCO3)cc2)nc1. The summed E-state index contributed by atoms with van der Waals surface area (Å²) in [6.07, 6.45) is 3.91. The number of morpholine rings is 1. The van der Waals surface area contributed by atoms with Gasteiger partial charge in [-0.25, -0.2) is 9.97 Å². The Bertz CT molecular complexity index is 625. The lowest BCUT2D eigenvalue weighted by molar-refractivity contribution is 0.0277. The molecule has 0 saturated carbocycles. The highest BCUT2D eigenvalue weighted by molar-refractivity contribution is 5.28. The molecule has 1 fully saturated rings. The summed E-state index contributed by atoms with van der Waals surface area (Å²) >= 11 is 0. The van der Waals surface area contributed by atoms with Crippen LogP contribution in [0.3, 0.4) is 0 Å². The minimum atomic E-state index is 0.138. The van der Waals surface area contributed by atoms with Crippen molar-refractivity contribution in [3.05, 3.63) is 59.2 Å². The highest BCUT2D eigenvalue weighted by atomic mass is 16.5. The van der Waals surface area contributed by atoms with Crippen molar-refractivity contribution in [2.75, 3.05) is 19.7 Å². The molecule has 1 atom stereocenters. The molecule has 21 heavy (non-hydrogen) atoms. The summed E-state index contributed by atoms with van der Waals surface area (Å²) in [6, 6.07) is 10.4. The molecule has 2 aromatic rings. The van der Waals surface area contributed by atoms with E-state index in [4.69, 9.17) is 10.00 Å². The van der Waals surface area contributed by atoms with Gasteiger partial charge >= 0.3 is 0 Å². The number of rotatable bonds is 3. The van der Waals surface area contributed by atoms with E-state index in [0.717, 1.165) is 31.1 Å². The van der Waals surface area contributed by atoms with E-state index in [-0.39, 0.29) is 6.10 Å². The molecule has 0 aliphatic carbocycles. The Morgan fingerprint density at radius 1 is 1.24 bits per heavy atom. The van der Waals surface area contributed by atoms with Gasteiger partial charge in [-0.15, -0.1) is 0 Å². The number of hydrogen-bond acceptors (Lipinski definition) is 5. The van der Waals surface area contributed by atoms with E-state index in [1.807, 2.05) is 6.07 Å². The van der Waals surface area contributed by atoms with Gasteiger partial charge in [-0.05, 0) is 11.1 Å². The molecule has 1 aliphatic rings. The molecular weight excluding hydrogens is 264 g/mol. The lowest BCUT2D eigenvalue weighted by Crippen LogP contribution is -2.33. The number of aromatic nitrogens is 2. The van der Waals surface area contributed by atoms with Gasteiger partial charge in [0, 0.05) is 31.9 Å². The summed E-state index contributed by atoms with van der Waals surface area (Å²) in [5.74, 6) is 0.720. The smallest absolute Gasteiger partial charge is 0.132 e. The molecule has 106 valence electrons. The summed E-state index contributed by atoms with van der Waals surface area (Å²) < 4.78 is 5.73. The van der Waals surface area contributed by atoms with Gasteiger partial charge in [-0.2, -0.15) is 5.26 Å². The van der Waals surface area contributed by atoms with Crippen LogP contribution in [-0.4, -0.2) is 29.7 Å². The molecule has 3 rings (SSSR count). The van der Waals surface area contributed by atoms with Crippen LogP contribution in [0.2, 0.25) is 0 Å². The minimum absolute atomic E-state index is 0.138. The second-order valence-corrected chi connectivity index (χ2v) is 4.98. The van der Waals surface area contributed by atoms with E-state index in [9.17, 15) is 0 Å². The third-order valence-corrected chi connectivity index (χ3v) is 3.48. The molecular formula is C16H16N4O. The second-order valence-electron chi connectivity index (χ2n) is 4.98. The van der Waals surface area contributed by atoms with Crippen molar-refractivity contribution >= 4 is 0 Å². The van der Waals surface area contributed by atoms with Crippen LogP contribution in [0.4, 0.5) is 0 Å². The lowest BCUT2D eigenvalue weighted by Gasteiger charge is -2.24. The Morgan fingerprint density at radius 2 is 2.00 bits per heavy atom. The fraction of sp³-hybridized carbons (Fsp3) is 0.312. The number of hydrogen-bond donors (Lipinski definition) is 1. The van der Waals surface area contributed by atoms with Crippen molar-refractivity contribution in [3.63, 3.8) is 0 Å². The summed E-state index contributed by atoms with van der Waals surface area (Å²) in [4.78, 5) is 8.38. The van der Waals surface area contributed by atoms with Crippen LogP contribution in [0.15, 0.2) is 36.7 Å².